The topological polar surface area (TPSA) is 30.3 Å². The summed E-state index contributed by atoms with van der Waals surface area (Å²) in [5.41, 5.74) is 2.32. The van der Waals surface area contributed by atoms with E-state index in [1.165, 1.54) is 5.52 Å². The zero-order chi connectivity index (χ0) is 13.1. The summed E-state index contributed by atoms with van der Waals surface area (Å²) in [6.07, 6.45) is 0. The van der Waals surface area contributed by atoms with Gasteiger partial charge in [0.2, 0.25) is 0 Å². The highest BCUT2D eigenvalue weighted by molar-refractivity contribution is 7.99. The maximum absolute atomic E-state index is 5.41. The van der Waals surface area contributed by atoms with Gasteiger partial charge in [0.15, 0.2) is 5.16 Å². The molecule has 0 bridgehead atoms. The second-order valence-electron chi connectivity index (χ2n) is 4.62. The Kier molecular flexibility index (Phi) is 4.06. The third-order valence-electron chi connectivity index (χ3n) is 3.34. The smallest absolute Gasteiger partial charge is 0.170 e. The van der Waals surface area contributed by atoms with Gasteiger partial charge in [-0.2, -0.15) is 0 Å². The predicted molar refractivity (Wildman–Crippen MR) is 78.5 cm³/mol. The average Bonchev–Trinajstić information content (AvgIpc) is 2.79. The van der Waals surface area contributed by atoms with Crippen LogP contribution in [0.4, 0.5) is 0 Å². The number of fused-ring (bicyclic) bond motifs is 1. The molecule has 102 valence electrons. The molecule has 0 spiro atoms. The molecule has 4 nitrogen and oxygen atoms in total. The Labute approximate surface area is 117 Å². The molecule has 3 rings (SSSR count). The average molecular weight is 277 g/mol. The minimum Gasteiger partial charge on any atom is -0.379 e. The van der Waals surface area contributed by atoms with Crippen molar-refractivity contribution in [3.05, 3.63) is 24.3 Å². The Morgan fingerprint density at radius 2 is 2.05 bits per heavy atom. The summed E-state index contributed by atoms with van der Waals surface area (Å²) < 4.78 is 7.74. The van der Waals surface area contributed by atoms with Crippen molar-refractivity contribution in [1.29, 1.82) is 0 Å². The van der Waals surface area contributed by atoms with Crippen molar-refractivity contribution in [3.63, 3.8) is 0 Å². The Balaban J connectivity index is 1.92. The SMILES string of the molecule is CCSc1nc2ccccc2n1CN1CCOCC1. The summed E-state index contributed by atoms with van der Waals surface area (Å²) in [5, 5.41) is 1.12. The van der Waals surface area contributed by atoms with Gasteiger partial charge in [0.25, 0.3) is 0 Å². The van der Waals surface area contributed by atoms with Gasteiger partial charge in [-0.05, 0) is 17.9 Å². The second kappa shape index (κ2) is 5.94. The van der Waals surface area contributed by atoms with E-state index in [1.807, 2.05) is 11.8 Å². The Hall–Kier alpha value is -1.04. The van der Waals surface area contributed by atoms with E-state index in [0.29, 0.717) is 0 Å². The van der Waals surface area contributed by atoms with Gasteiger partial charge in [-0.25, -0.2) is 4.98 Å². The van der Waals surface area contributed by atoms with Crippen LogP contribution in [0.25, 0.3) is 11.0 Å². The third kappa shape index (κ3) is 2.78. The Bertz CT molecular complexity index is 549. The molecule has 0 unspecified atom stereocenters. The number of morpholine rings is 1. The second-order valence-corrected chi connectivity index (χ2v) is 5.85. The molecule has 0 radical (unpaired) electrons. The number of nitrogens with zero attached hydrogens (tertiary/aromatic N) is 3. The fourth-order valence-electron chi connectivity index (χ4n) is 2.37. The normalized spacial score (nSPS) is 17.1. The summed E-state index contributed by atoms with van der Waals surface area (Å²) in [5.74, 6) is 1.05. The lowest BCUT2D eigenvalue weighted by Gasteiger charge is -2.27. The van der Waals surface area contributed by atoms with Gasteiger partial charge in [0.05, 0.1) is 30.9 Å². The largest absolute Gasteiger partial charge is 0.379 e. The predicted octanol–water partition coefficient (Wildman–Crippen LogP) is 2.44. The lowest BCUT2D eigenvalue weighted by molar-refractivity contribution is 0.0227. The number of benzene rings is 1. The molecule has 1 saturated heterocycles. The van der Waals surface area contributed by atoms with E-state index in [0.717, 1.165) is 49.4 Å². The molecule has 2 aromatic rings. The molecular formula is C14H19N3OS. The van der Waals surface area contributed by atoms with E-state index in [9.17, 15) is 0 Å². The van der Waals surface area contributed by atoms with Crippen molar-refractivity contribution < 1.29 is 4.74 Å². The third-order valence-corrected chi connectivity index (χ3v) is 4.20. The fourth-order valence-corrected chi connectivity index (χ4v) is 3.10. The monoisotopic (exact) mass is 277 g/mol. The Morgan fingerprint density at radius 1 is 1.26 bits per heavy atom. The van der Waals surface area contributed by atoms with E-state index >= 15 is 0 Å². The molecule has 5 heteroatoms. The van der Waals surface area contributed by atoms with E-state index in [-0.39, 0.29) is 0 Å². The molecule has 0 aliphatic carbocycles. The van der Waals surface area contributed by atoms with Crippen molar-refractivity contribution in [2.24, 2.45) is 0 Å². The number of thioether (sulfide) groups is 1. The van der Waals surface area contributed by atoms with Crippen molar-refractivity contribution >= 4 is 22.8 Å². The molecule has 1 aromatic heterocycles. The van der Waals surface area contributed by atoms with Crippen molar-refractivity contribution in [2.45, 2.75) is 18.7 Å². The maximum atomic E-state index is 5.41. The van der Waals surface area contributed by atoms with Crippen LogP contribution in [0.15, 0.2) is 29.4 Å². The molecule has 1 aliphatic heterocycles. The standard InChI is InChI=1S/C14H19N3OS/c1-2-19-14-15-12-5-3-4-6-13(12)17(14)11-16-7-9-18-10-8-16/h3-6H,2,7-11H2,1H3. The van der Waals surface area contributed by atoms with Gasteiger partial charge >= 0.3 is 0 Å². The van der Waals surface area contributed by atoms with Gasteiger partial charge in [-0.3, -0.25) is 4.90 Å². The van der Waals surface area contributed by atoms with E-state index in [1.54, 1.807) is 0 Å². The van der Waals surface area contributed by atoms with Crippen molar-refractivity contribution in [1.82, 2.24) is 14.5 Å². The summed E-state index contributed by atoms with van der Waals surface area (Å²) in [7, 11) is 0. The molecule has 0 N–H and O–H groups in total. The molecule has 0 saturated carbocycles. The van der Waals surface area contributed by atoms with E-state index in [4.69, 9.17) is 9.72 Å². The summed E-state index contributed by atoms with van der Waals surface area (Å²) in [6.45, 7) is 6.76. The molecule has 19 heavy (non-hydrogen) atoms. The van der Waals surface area contributed by atoms with Gasteiger partial charge in [0, 0.05) is 13.1 Å². The zero-order valence-electron chi connectivity index (χ0n) is 11.2. The summed E-state index contributed by atoms with van der Waals surface area (Å²) in [6, 6.07) is 8.38. The molecule has 1 aliphatic rings. The quantitative estimate of drug-likeness (QED) is 0.803. The molecule has 1 fully saturated rings. The van der Waals surface area contributed by atoms with E-state index < -0.39 is 0 Å². The first-order valence-electron chi connectivity index (χ1n) is 6.76. The number of ether oxygens (including phenoxy) is 1. The molecule has 0 atom stereocenters. The number of aromatic nitrogens is 2. The highest BCUT2D eigenvalue weighted by Crippen LogP contribution is 2.24. The highest BCUT2D eigenvalue weighted by atomic mass is 32.2. The first kappa shape index (κ1) is 13.0. The number of imidazole rings is 1. The number of para-hydroxylation sites is 2. The van der Waals surface area contributed by atoms with Crippen LogP contribution in [0.3, 0.4) is 0 Å². The minimum absolute atomic E-state index is 0.836. The van der Waals surface area contributed by atoms with Crippen LogP contribution in [0.5, 0.6) is 0 Å². The van der Waals surface area contributed by atoms with Gasteiger partial charge in [-0.1, -0.05) is 30.8 Å². The highest BCUT2D eigenvalue weighted by Gasteiger charge is 2.15. The van der Waals surface area contributed by atoms with Gasteiger partial charge in [0.1, 0.15) is 0 Å². The lowest BCUT2D eigenvalue weighted by Crippen LogP contribution is -2.37. The summed E-state index contributed by atoms with van der Waals surface area (Å²) >= 11 is 1.81. The minimum atomic E-state index is 0.836. The molecule has 1 aromatic carbocycles. The van der Waals surface area contributed by atoms with Crippen molar-refractivity contribution in [2.75, 3.05) is 32.1 Å². The van der Waals surface area contributed by atoms with Crippen LogP contribution in [-0.2, 0) is 11.4 Å². The number of rotatable bonds is 4. The molecule has 2 heterocycles. The first-order valence-corrected chi connectivity index (χ1v) is 7.75. The fraction of sp³-hybridized carbons (Fsp3) is 0.500. The van der Waals surface area contributed by atoms with Gasteiger partial charge in [-0.15, -0.1) is 0 Å². The summed E-state index contributed by atoms with van der Waals surface area (Å²) in [4.78, 5) is 7.16. The maximum Gasteiger partial charge on any atom is 0.170 e. The molecular weight excluding hydrogens is 258 g/mol. The van der Waals surface area contributed by atoms with Crippen LogP contribution in [0, 0.1) is 0 Å². The zero-order valence-corrected chi connectivity index (χ0v) is 12.0. The van der Waals surface area contributed by atoms with Gasteiger partial charge < -0.3 is 9.30 Å². The first-order chi connectivity index (χ1) is 9.38. The van der Waals surface area contributed by atoms with Crippen LogP contribution >= 0.6 is 11.8 Å². The van der Waals surface area contributed by atoms with Crippen LogP contribution in [0.2, 0.25) is 0 Å². The Morgan fingerprint density at radius 3 is 2.84 bits per heavy atom. The van der Waals surface area contributed by atoms with Crippen LogP contribution < -0.4 is 0 Å². The lowest BCUT2D eigenvalue weighted by atomic mass is 10.3. The number of hydrogen-bond acceptors (Lipinski definition) is 4. The molecule has 0 amide bonds. The number of hydrogen-bond donors (Lipinski definition) is 0. The van der Waals surface area contributed by atoms with Crippen LogP contribution in [0.1, 0.15) is 6.92 Å². The van der Waals surface area contributed by atoms with Crippen LogP contribution in [-0.4, -0.2) is 46.5 Å². The van der Waals surface area contributed by atoms with E-state index in [2.05, 4.69) is 40.7 Å². The van der Waals surface area contributed by atoms with Crippen molar-refractivity contribution in [3.8, 4) is 0 Å².